The number of aliphatic carboxylic acids is 1. The Kier molecular flexibility index (Phi) is 6.02. The van der Waals surface area contributed by atoms with Crippen molar-refractivity contribution in [3.05, 3.63) is 29.8 Å². The largest absolute Gasteiger partial charge is 0.573 e. The molecule has 0 fully saturated rings. The molecule has 118 valence electrons. The number of nitrogens with zero attached hydrogens (tertiary/aromatic N) is 1. The van der Waals surface area contributed by atoms with Gasteiger partial charge in [0, 0.05) is 13.1 Å². The van der Waals surface area contributed by atoms with Crippen molar-refractivity contribution in [2.75, 3.05) is 13.1 Å². The van der Waals surface area contributed by atoms with E-state index in [-0.39, 0.29) is 5.75 Å². The maximum atomic E-state index is 12.2. The maximum Gasteiger partial charge on any atom is 0.573 e. The zero-order valence-electron chi connectivity index (χ0n) is 11.9. The smallest absolute Gasteiger partial charge is 0.481 e. The highest BCUT2D eigenvalue weighted by Crippen LogP contribution is 2.23. The molecule has 0 aliphatic rings. The molecule has 0 bridgehead atoms. The van der Waals surface area contributed by atoms with Crippen molar-refractivity contribution in [1.29, 1.82) is 0 Å². The molecule has 0 aliphatic carbocycles. The number of ether oxygens (including phenoxy) is 1. The first kappa shape index (κ1) is 17.3. The third-order valence-corrected chi connectivity index (χ3v) is 2.94. The van der Waals surface area contributed by atoms with Gasteiger partial charge < -0.3 is 9.84 Å². The molecule has 4 nitrogen and oxygen atoms in total. The quantitative estimate of drug-likeness (QED) is 0.841. The second-order valence-corrected chi connectivity index (χ2v) is 4.76. The number of benzene rings is 1. The predicted octanol–water partition coefficient (Wildman–Crippen LogP) is 3.13. The molecule has 1 N–H and O–H groups in total. The molecule has 1 aromatic rings. The number of halogens is 3. The second-order valence-electron chi connectivity index (χ2n) is 4.76. The van der Waals surface area contributed by atoms with Gasteiger partial charge in [-0.2, -0.15) is 0 Å². The number of rotatable bonds is 7. The highest BCUT2D eigenvalue weighted by Gasteiger charge is 2.31. The van der Waals surface area contributed by atoms with Crippen molar-refractivity contribution in [3.8, 4) is 5.75 Å². The van der Waals surface area contributed by atoms with Crippen molar-refractivity contribution in [2.45, 2.75) is 26.8 Å². The molecule has 0 heterocycles. The highest BCUT2D eigenvalue weighted by molar-refractivity contribution is 5.69. The van der Waals surface area contributed by atoms with Crippen molar-refractivity contribution in [1.82, 2.24) is 4.90 Å². The fraction of sp³-hybridized carbons (Fsp3) is 0.500. The second kappa shape index (κ2) is 7.31. The number of carboxylic acid groups (broad SMARTS) is 1. The Morgan fingerprint density at radius 1 is 1.43 bits per heavy atom. The Morgan fingerprint density at radius 2 is 2.10 bits per heavy atom. The van der Waals surface area contributed by atoms with Crippen LogP contribution in [0.25, 0.3) is 0 Å². The summed E-state index contributed by atoms with van der Waals surface area (Å²) in [4.78, 5) is 12.7. The Hall–Kier alpha value is -1.76. The number of carbonyl (C=O) groups is 1. The van der Waals surface area contributed by atoms with Crippen molar-refractivity contribution >= 4 is 5.97 Å². The number of hydrogen-bond donors (Lipinski definition) is 1. The molecule has 21 heavy (non-hydrogen) atoms. The van der Waals surface area contributed by atoms with Gasteiger partial charge in [-0.1, -0.05) is 26.0 Å². The van der Waals surface area contributed by atoms with E-state index in [0.29, 0.717) is 25.2 Å². The zero-order valence-corrected chi connectivity index (χ0v) is 11.9. The van der Waals surface area contributed by atoms with E-state index >= 15 is 0 Å². The van der Waals surface area contributed by atoms with E-state index in [1.54, 1.807) is 13.0 Å². The lowest BCUT2D eigenvalue weighted by molar-refractivity contribution is -0.274. The molecule has 1 aromatic carbocycles. The average Bonchev–Trinajstić information content (AvgIpc) is 2.36. The highest BCUT2D eigenvalue weighted by atomic mass is 19.4. The summed E-state index contributed by atoms with van der Waals surface area (Å²) in [7, 11) is 0. The molecule has 0 radical (unpaired) electrons. The molecule has 1 unspecified atom stereocenters. The topological polar surface area (TPSA) is 49.8 Å². The minimum absolute atomic E-state index is 0.276. The van der Waals surface area contributed by atoms with Crippen LogP contribution in [0.1, 0.15) is 19.4 Å². The van der Waals surface area contributed by atoms with Gasteiger partial charge in [-0.3, -0.25) is 9.69 Å². The molecule has 1 rings (SSSR count). The van der Waals surface area contributed by atoms with Crippen LogP contribution < -0.4 is 4.74 Å². The summed E-state index contributed by atoms with van der Waals surface area (Å²) in [6.45, 7) is 4.75. The van der Waals surface area contributed by atoms with E-state index in [4.69, 9.17) is 5.11 Å². The van der Waals surface area contributed by atoms with E-state index in [2.05, 4.69) is 4.74 Å². The monoisotopic (exact) mass is 305 g/mol. The minimum Gasteiger partial charge on any atom is -0.481 e. The van der Waals surface area contributed by atoms with Gasteiger partial charge >= 0.3 is 12.3 Å². The Bertz CT molecular complexity index is 477. The van der Waals surface area contributed by atoms with Gasteiger partial charge in [-0.15, -0.1) is 13.2 Å². The van der Waals surface area contributed by atoms with Crippen LogP contribution in [-0.2, 0) is 11.3 Å². The number of hydrogen-bond acceptors (Lipinski definition) is 3. The third kappa shape index (κ3) is 6.48. The third-order valence-electron chi connectivity index (χ3n) is 2.94. The zero-order chi connectivity index (χ0) is 16.0. The summed E-state index contributed by atoms with van der Waals surface area (Å²) >= 11 is 0. The SMILES string of the molecule is CCN(Cc1cccc(OC(F)(F)F)c1)CC(C)C(=O)O. The first-order valence-corrected chi connectivity index (χ1v) is 6.51. The molecule has 0 aliphatic heterocycles. The van der Waals surface area contributed by atoms with Crippen LogP contribution in [-0.4, -0.2) is 35.4 Å². The van der Waals surface area contributed by atoms with Gasteiger partial charge in [0.2, 0.25) is 0 Å². The number of alkyl halides is 3. The van der Waals surface area contributed by atoms with Crippen molar-refractivity contribution in [2.24, 2.45) is 5.92 Å². The van der Waals surface area contributed by atoms with Gasteiger partial charge in [-0.05, 0) is 24.2 Å². The summed E-state index contributed by atoms with van der Waals surface area (Å²) in [5.74, 6) is -1.72. The summed E-state index contributed by atoms with van der Waals surface area (Å²) in [6.07, 6.45) is -4.72. The van der Waals surface area contributed by atoms with Crippen LogP contribution in [0.3, 0.4) is 0 Å². The lowest BCUT2D eigenvalue weighted by atomic mass is 10.1. The van der Waals surface area contributed by atoms with E-state index in [9.17, 15) is 18.0 Å². The fourth-order valence-electron chi connectivity index (χ4n) is 1.87. The molecule has 0 saturated heterocycles. The van der Waals surface area contributed by atoms with Gasteiger partial charge in [0.05, 0.1) is 5.92 Å². The van der Waals surface area contributed by atoms with Crippen molar-refractivity contribution < 1.29 is 27.8 Å². The van der Waals surface area contributed by atoms with Crippen LogP contribution in [0, 0.1) is 5.92 Å². The normalized spacial score (nSPS) is 13.2. The molecule has 0 spiro atoms. The lowest BCUT2D eigenvalue weighted by Crippen LogP contribution is -2.31. The molecule has 0 amide bonds. The van der Waals surface area contributed by atoms with Crippen LogP contribution in [0.4, 0.5) is 13.2 Å². The molecule has 1 atom stereocenters. The Morgan fingerprint density at radius 3 is 2.62 bits per heavy atom. The molecule has 0 saturated carbocycles. The van der Waals surface area contributed by atoms with Gasteiger partial charge in [-0.25, -0.2) is 0 Å². The van der Waals surface area contributed by atoms with Crippen LogP contribution in [0.5, 0.6) is 5.75 Å². The fourth-order valence-corrected chi connectivity index (χ4v) is 1.87. The first-order valence-electron chi connectivity index (χ1n) is 6.51. The van der Waals surface area contributed by atoms with E-state index in [0.717, 1.165) is 0 Å². The van der Waals surface area contributed by atoms with Gasteiger partial charge in [0.1, 0.15) is 5.75 Å². The first-order chi connectivity index (χ1) is 9.71. The summed E-state index contributed by atoms with van der Waals surface area (Å²) in [6, 6.07) is 5.69. The van der Waals surface area contributed by atoms with Crippen molar-refractivity contribution in [3.63, 3.8) is 0 Å². The van der Waals surface area contributed by atoms with Crippen LogP contribution in [0.15, 0.2) is 24.3 Å². The van der Waals surface area contributed by atoms with Crippen LogP contribution >= 0.6 is 0 Å². The molecule has 7 heteroatoms. The average molecular weight is 305 g/mol. The Labute approximate surface area is 121 Å². The Balaban J connectivity index is 2.72. The predicted molar refractivity (Wildman–Crippen MR) is 70.9 cm³/mol. The molecule has 0 aromatic heterocycles. The van der Waals surface area contributed by atoms with E-state index < -0.39 is 18.2 Å². The maximum absolute atomic E-state index is 12.2. The summed E-state index contributed by atoms with van der Waals surface area (Å²) < 4.78 is 40.4. The van der Waals surface area contributed by atoms with E-state index in [1.165, 1.54) is 18.2 Å². The molecular weight excluding hydrogens is 287 g/mol. The van der Waals surface area contributed by atoms with Gasteiger partial charge in [0.15, 0.2) is 0 Å². The van der Waals surface area contributed by atoms with Gasteiger partial charge in [0.25, 0.3) is 0 Å². The summed E-state index contributed by atoms with van der Waals surface area (Å²) in [5, 5.41) is 8.89. The molecular formula is C14H18F3NO3. The standard InChI is InChI=1S/C14H18F3NO3/c1-3-18(8-10(2)13(19)20)9-11-5-4-6-12(7-11)21-14(15,16)17/h4-7,10H,3,8-9H2,1-2H3,(H,19,20). The van der Waals surface area contributed by atoms with E-state index in [1.807, 2.05) is 11.8 Å². The minimum atomic E-state index is -4.72. The summed E-state index contributed by atoms with van der Waals surface area (Å²) in [5.41, 5.74) is 0.635. The number of carboxylic acids is 1. The lowest BCUT2D eigenvalue weighted by Gasteiger charge is -2.22. The van der Waals surface area contributed by atoms with Crippen LogP contribution in [0.2, 0.25) is 0 Å².